The van der Waals surface area contributed by atoms with Crippen LogP contribution in [0.25, 0.3) is 85.9 Å². The molecule has 0 aliphatic heterocycles. The van der Waals surface area contributed by atoms with E-state index in [1.54, 1.807) is 0 Å². The molecule has 0 atom stereocenters. The van der Waals surface area contributed by atoms with E-state index in [4.69, 9.17) is 4.42 Å². The van der Waals surface area contributed by atoms with Crippen molar-refractivity contribution < 1.29 is 4.42 Å². The first-order valence-electron chi connectivity index (χ1n) is 18.0. The Morgan fingerprint density at radius 1 is 0.377 bits per heavy atom. The molecule has 248 valence electrons. The summed E-state index contributed by atoms with van der Waals surface area (Å²) >= 11 is 1.86. The number of thiophene rings is 1. The average Bonchev–Trinajstić information content (AvgIpc) is 3.80. The minimum absolute atomic E-state index is 0.880. The van der Waals surface area contributed by atoms with Crippen LogP contribution in [0, 0.1) is 0 Å². The maximum absolute atomic E-state index is 6.68. The van der Waals surface area contributed by atoms with Crippen molar-refractivity contribution in [3.05, 3.63) is 188 Å². The average molecular weight is 694 g/mol. The first kappa shape index (κ1) is 30.0. The number of nitrogens with zero attached hydrogens (tertiary/aromatic N) is 1. The zero-order chi connectivity index (χ0) is 34.9. The maximum Gasteiger partial charge on any atom is 0.137 e. The topological polar surface area (TPSA) is 16.4 Å². The molecular formula is C50H31NOS. The molecule has 0 unspecified atom stereocenters. The van der Waals surface area contributed by atoms with Gasteiger partial charge in [-0.1, -0.05) is 127 Å². The number of hydrogen-bond acceptors (Lipinski definition) is 3. The molecule has 2 nitrogen and oxygen atoms in total. The summed E-state index contributed by atoms with van der Waals surface area (Å²) in [5.74, 6) is 0. The zero-order valence-corrected chi connectivity index (χ0v) is 29.5. The summed E-state index contributed by atoms with van der Waals surface area (Å²) in [5, 5.41) is 10.0. The van der Waals surface area contributed by atoms with Gasteiger partial charge in [-0.05, 0) is 98.4 Å². The third-order valence-electron chi connectivity index (χ3n) is 10.7. The maximum atomic E-state index is 6.68. The van der Waals surface area contributed by atoms with Gasteiger partial charge in [0.25, 0.3) is 0 Å². The molecule has 0 amide bonds. The summed E-state index contributed by atoms with van der Waals surface area (Å²) in [6.45, 7) is 0. The molecule has 9 aromatic carbocycles. The minimum atomic E-state index is 0.880. The molecule has 0 spiro atoms. The summed E-state index contributed by atoms with van der Waals surface area (Å²) in [5.41, 5.74) is 9.82. The van der Waals surface area contributed by atoms with E-state index in [1.807, 2.05) is 11.3 Å². The van der Waals surface area contributed by atoms with E-state index in [-0.39, 0.29) is 0 Å². The Labute approximate surface area is 310 Å². The molecule has 0 aliphatic rings. The lowest BCUT2D eigenvalue weighted by molar-refractivity contribution is 0.669. The van der Waals surface area contributed by atoms with Gasteiger partial charge in [0.2, 0.25) is 0 Å². The van der Waals surface area contributed by atoms with Gasteiger partial charge in [0.1, 0.15) is 11.2 Å². The Hall–Kier alpha value is -6.68. The summed E-state index contributed by atoms with van der Waals surface area (Å²) in [4.78, 5) is 2.33. The van der Waals surface area contributed by atoms with Gasteiger partial charge >= 0.3 is 0 Å². The summed E-state index contributed by atoms with van der Waals surface area (Å²) < 4.78 is 9.26. The number of hydrogen-bond donors (Lipinski definition) is 0. The lowest BCUT2D eigenvalue weighted by Gasteiger charge is -2.26. The van der Waals surface area contributed by atoms with Crippen molar-refractivity contribution in [3.63, 3.8) is 0 Å². The molecule has 0 saturated carbocycles. The second kappa shape index (κ2) is 11.9. The van der Waals surface area contributed by atoms with E-state index >= 15 is 0 Å². The normalized spacial score (nSPS) is 11.8. The van der Waals surface area contributed by atoms with Crippen molar-refractivity contribution in [1.82, 2.24) is 0 Å². The van der Waals surface area contributed by atoms with Gasteiger partial charge in [0.05, 0.1) is 0 Å². The molecule has 0 fully saturated rings. The Kier molecular flexibility index (Phi) is 6.76. The predicted molar refractivity (Wildman–Crippen MR) is 227 cm³/mol. The van der Waals surface area contributed by atoms with Crippen molar-refractivity contribution >= 4 is 92.1 Å². The van der Waals surface area contributed by atoms with E-state index in [1.165, 1.54) is 69.4 Å². The van der Waals surface area contributed by atoms with Gasteiger partial charge in [0, 0.05) is 54.1 Å². The van der Waals surface area contributed by atoms with Gasteiger partial charge in [-0.3, -0.25) is 0 Å². The smallest absolute Gasteiger partial charge is 0.137 e. The van der Waals surface area contributed by atoms with Gasteiger partial charge in [-0.25, -0.2) is 0 Å². The monoisotopic (exact) mass is 693 g/mol. The molecule has 0 aliphatic carbocycles. The van der Waals surface area contributed by atoms with Crippen LogP contribution in [-0.4, -0.2) is 0 Å². The Bertz CT molecular complexity index is 3150. The highest BCUT2D eigenvalue weighted by atomic mass is 32.1. The molecule has 11 aromatic rings. The van der Waals surface area contributed by atoms with Crippen molar-refractivity contribution in [2.45, 2.75) is 0 Å². The van der Waals surface area contributed by atoms with Gasteiger partial charge < -0.3 is 9.32 Å². The number of fused-ring (bicyclic) bond motifs is 10. The lowest BCUT2D eigenvalue weighted by atomic mass is 9.98. The van der Waals surface area contributed by atoms with E-state index in [2.05, 4.69) is 193 Å². The molecule has 3 heteroatoms. The fraction of sp³-hybridized carbons (Fsp3) is 0. The number of rotatable bonds is 5. The fourth-order valence-electron chi connectivity index (χ4n) is 8.14. The summed E-state index contributed by atoms with van der Waals surface area (Å²) in [6.07, 6.45) is 0. The quantitative estimate of drug-likeness (QED) is 0.178. The summed E-state index contributed by atoms with van der Waals surface area (Å²) in [7, 11) is 0. The fourth-order valence-corrected chi connectivity index (χ4v) is 9.41. The third kappa shape index (κ3) is 4.86. The summed E-state index contributed by atoms with van der Waals surface area (Å²) in [6, 6.07) is 67.7. The Morgan fingerprint density at radius 3 is 1.79 bits per heavy atom. The molecule has 11 rings (SSSR count). The number of anilines is 3. The standard InChI is InChI=1S/C50H31NOS/c1-2-9-32(10-3-1)33-17-22-37(23-18-33)51(38-24-19-36(20-25-38)41-16-8-13-34-11-4-6-14-40(34)41)39-26-27-43-46(31-39)52-45-29-28-44-48-42-15-7-5-12-35(42)21-30-47(48)53-50(44)49(43)45/h1-31H. The molecule has 0 radical (unpaired) electrons. The molecule has 2 aromatic heterocycles. The van der Waals surface area contributed by atoms with Crippen LogP contribution in [0.2, 0.25) is 0 Å². The first-order chi connectivity index (χ1) is 26.3. The van der Waals surface area contributed by atoms with Crippen molar-refractivity contribution in [1.29, 1.82) is 0 Å². The van der Waals surface area contributed by atoms with Gasteiger partial charge in [-0.2, -0.15) is 0 Å². The van der Waals surface area contributed by atoms with E-state index < -0.39 is 0 Å². The van der Waals surface area contributed by atoms with Crippen LogP contribution in [0.1, 0.15) is 0 Å². The molecule has 0 bridgehead atoms. The molecule has 2 heterocycles. The molecular weight excluding hydrogens is 663 g/mol. The Morgan fingerprint density at radius 2 is 1.00 bits per heavy atom. The van der Waals surface area contributed by atoms with Crippen LogP contribution < -0.4 is 4.90 Å². The van der Waals surface area contributed by atoms with Crippen LogP contribution in [-0.2, 0) is 0 Å². The molecule has 0 N–H and O–H groups in total. The second-order valence-corrected chi connectivity index (χ2v) is 14.7. The van der Waals surface area contributed by atoms with Crippen LogP contribution in [0.15, 0.2) is 192 Å². The van der Waals surface area contributed by atoms with Crippen molar-refractivity contribution in [3.8, 4) is 22.3 Å². The van der Waals surface area contributed by atoms with Gasteiger partial charge in [0.15, 0.2) is 0 Å². The zero-order valence-electron chi connectivity index (χ0n) is 28.7. The Balaban J connectivity index is 1.06. The van der Waals surface area contributed by atoms with E-state index in [0.717, 1.165) is 33.6 Å². The lowest BCUT2D eigenvalue weighted by Crippen LogP contribution is -2.09. The van der Waals surface area contributed by atoms with Gasteiger partial charge in [-0.15, -0.1) is 11.3 Å². The van der Waals surface area contributed by atoms with E-state index in [0.29, 0.717) is 0 Å². The molecule has 53 heavy (non-hydrogen) atoms. The minimum Gasteiger partial charge on any atom is -0.456 e. The van der Waals surface area contributed by atoms with Crippen LogP contribution in [0.4, 0.5) is 17.1 Å². The molecule has 0 saturated heterocycles. The highest BCUT2D eigenvalue weighted by molar-refractivity contribution is 7.27. The first-order valence-corrected chi connectivity index (χ1v) is 18.8. The second-order valence-electron chi connectivity index (χ2n) is 13.7. The van der Waals surface area contributed by atoms with Crippen molar-refractivity contribution in [2.75, 3.05) is 4.90 Å². The van der Waals surface area contributed by atoms with E-state index in [9.17, 15) is 0 Å². The number of benzene rings is 9. The van der Waals surface area contributed by atoms with Crippen LogP contribution in [0.5, 0.6) is 0 Å². The SMILES string of the molecule is c1ccc(-c2ccc(N(c3ccc(-c4cccc5ccccc45)cc3)c3ccc4c(c3)oc3ccc5c(sc6ccc7ccccc7c65)c34)cc2)cc1. The highest BCUT2D eigenvalue weighted by Gasteiger charge is 2.19. The van der Waals surface area contributed by atoms with Crippen molar-refractivity contribution in [2.24, 2.45) is 0 Å². The highest BCUT2D eigenvalue weighted by Crippen LogP contribution is 2.46. The largest absolute Gasteiger partial charge is 0.456 e. The number of furan rings is 1. The van der Waals surface area contributed by atoms with Crippen LogP contribution >= 0.6 is 11.3 Å². The van der Waals surface area contributed by atoms with Crippen LogP contribution in [0.3, 0.4) is 0 Å². The third-order valence-corrected chi connectivity index (χ3v) is 11.9. The predicted octanol–water partition coefficient (Wildman–Crippen LogP) is 15.1.